The smallest absolute Gasteiger partial charge is 0.323 e. The van der Waals surface area contributed by atoms with Gasteiger partial charge in [0.15, 0.2) is 5.82 Å². The molecule has 134 valence electrons. The predicted octanol–water partition coefficient (Wildman–Crippen LogP) is 2.65. The molecule has 2 aromatic rings. The number of aromatic nitrogens is 2. The van der Waals surface area contributed by atoms with Crippen LogP contribution in [0.2, 0.25) is 0 Å². The van der Waals surface area contributed by atoms with Gasteiger partial charge in [0.1, 0.15) is 11.4 Å². The van der Waals surface area contributed by atoms with E-state index in [1.807, 2.05) is 40.0 Å². The fourth-order valence-electron chi connectivity index (χ4n) is 2.09. The Hall–Kier alpha value is -3.03. The van der Waals surface area contributed by atoms with E-state index in [4.69, 9.17) is 4.74 Å². The summed E-state index contributed by atoms with van der Waals surface area (Å²) in [5.74, 6) is 1.96. The minimum absolute atomic E-state index is 0.367. The normalized spacial score (nSPS) is 10.1. The van der Waals surface area contributed by atoms with E-state index >= 15 is 0 Å². The van der Waals surface area contributed by atoms with Crippen LogP contribution in [0.4, 0.5) is 27.9 Å². The number of amides is 2. The summed E-state index contributed by atoms with van der Waals surface area (Å²) in [5, 5.41) is 5.55. The average molecular weight is 344 g/mol. The van der Waals surface area contributed by atoms with E-state index in [-0.39, 0.29) is 6.03 Å². The second-order valence-electron chi connectivity index (χ2n) is 5.73. The molecule has 1 aromatic heterocycles. The third-order valence-corrected chi connectivity index (χ3v) is 3.25. The molecule has 0 radical (unpaired) electrons. The van der Waals surface area contributed by atoms with Crippen molar-refractivity contribution in [1.29, 1.82) is 0 Å². The van der Waals surface area contributed by atoms with E-state index in [1.54, 1.807) is 35.4 Å². The summed E-state index contributed by atoms with van der Waals surface area (Å²) in [6.45, 7) is 2.52. The molecule has 0 fully saturated rings. The van der Waals surface area contributed by atoms with Gasteiger partial charge in [-0.05, 0) is 31.2 Å². The summed E-state index contributed by atoms with van der Waals surface area (Å²) in [7, 11) is 7.44. The molecule has 0 bridgehead atoms. The Bertz CT molecular complexity index is 716. The molecule has 0 aliphatic heterocycles. The first-order chi connectivity index (χ1) is 11.9. The van der Waals surface area contributed by atoms with Crippen molar-refractivity contribution in [1.82, 2.24) is 9.97 Å². The van der Waals surface area contributed by atoms with Gasteiger partial charge in [0.05, 0.1) is 12.8 Å². The number of anilines is 4. The molecule has 0 aliphatic rings. The first-order valence-electron chi connectivity index (χ1n) is 7.93. The van der Waals surface area contributed by atoms with Crippen molar-refractivity contribution in [3.8, 4) is 5.75 Å². The summed E-state index contributed by atoms with van der Waals surface area (Å²) in [6, 6.07) is 6.80. The number of rotatable bonds is 6. The molecule has 2 rings (SSSR count). The van der Waals surface area contributed by atoms with Crippen LogP contribution in [-0.2, 0) is 0 Å². The van der Waals surface area contributed by atoms with Crippen LogP contribution < -0.4 is 25.2 Å². The molecule has 8 nitrogen and oxygen atoms in total. The van der Waals surface area contributed by atoms with Crippen molar-refractivity contribution in [3.63, 3.8) is 0 Å². The van der Waals surface area contributed by atoms with Gasteiger partial charge in [-0.2, -0.15) is 4.98 Å². The van der Waals surface area contributed by atoms with E-state index in [0.29, 0.717) is 29.7 Å². The highest BCUT2D eigenvalue weighted by Crippen LogP contribution is 2.23. The minimum Gasteiger partial charge on any atom is -0.494 e. The van der Waals surface area contributed by atoms with Gasteiger partial charge >= 0.3 is 6.03 Å². The number of hydrogen-bond donors (Lipinski definition) is 2. The first-order valence-corrected chi connectivity index (χ1v) is 7.93. The summed E-state index contributed by atoms with van der Waals surface area (Å²) < 4.78 is 5.38. The summed E-state index contributed by atoms with van der Waals surface area (Å²) in [5.41, 5.74) is 1.19. The van der Waals surface area contributed by atoms with Crippen LogP contribution in [0.25, 0.3) is 0 Å². The molecule has 0 spiro atoms. The zero-order valence-electron chi connectivity index (χ0n) is 15.2. The zero-order valence-corrected chi connectivity index (χ0v) is 15.2. The maximum absolute atomic E-state index is 12.2. The van der Waals surface area contributed by atoms with Gasteiger partial charge in [0.25, 0.3) is 0 Å². The maximum Gasteiger partial charge on any atom is 0.323 e. The Morgan fingerprint density at radius 2 is 1.76 bits per heavy atom. The molecule has 0 unspecified atom stereocenters. The van der Waals surface area contributed by atoms with Crippen molar-refractivity contribution in [2.45, 2.75) is 6.92 Å². The number of urea groups is 1. The largest absolute Gasteiger partial charge is 0.494 e. The zero-order chi connectivity index (χ0) is 18.4. The van der Waals surface area contributed by atoms with Crippen molar-refractivity contribution >= 4 is 29.2 Å². The lowest BCUT2D eigenvalue weighted by Gasteiger charge is -2.19. The molecule has 0 atom stereocenters. The van der Waals surface area contributed by atoms with Gasteiger partial charge in [-0.25, -0.2) is 9.78 Å². The third-order valence-electron chi connectivity index (χ3n) is 3.25. The molecule has 25 heavy (non-hydrogen) atoms. The fourth-order valence-corrected chi connectivity index (χ4v) is 2.09. The molecule has 2 N–H and O–H groups in total. The quantitative estimate of drug-likeness (QED) is 0.838. The van der Waals surface area contributed by atoms with E-state index in [0.717, 1.165) is 5.75 Å². The van der Waals surface area contributed by atoms with E-state index in [2.05, 4.69) is 20.6 Å². The number of nitrogens with zero attached hydrogens (tertiary/aromatic N) is 4. The van der Waals surface area contributed by atoms with E-state index in [1.165, 1.54) is 0 Å². The fraction of sp³-hybridized carbons (Fsp3) is 0.353. The maximum atomic E-state index is 12.2. The van der Waals surface area contributed by atoms with Crippen LogP contribution in [0.1, 0.15) is 6.92 Å². The monoisotopic (exact) mass is 344 g/mol. The van der Waals surface area contributed by atoms with Gasteiger partial charge in [0, 0.05) is 33.9 Å². The minimum atomic E-state index is -0.367. The molecule has 8 heteroatoms. The molecule has 0 saturated heterocycles. The molecular weight excluding hydrogens is 320 g/mol. The molecule has 0 aliphatic carbocycles. The number of carbonyl (C=O) groups excluding carboxylic acids is 1. The molecule has 0 saturated carbocycles. The lowest BCUT2D eigenvalue weighted by molar-refractivity contribution is 0.262. The van der Waals surface area contributed by atoms with Crippen LogP contribution >= 0.6 is 0 Å². The topological polar surface area (TPSA) is 82.6 Å². The third kappa shape index (κ3) is 4.97. The predicted molar refractivity (Wildman–Crippen MR) is 101 cm³/mol. The van der Waals surface area contributed by atoms with Crippen LogP contribution in [0.15, 0.2) is 30.5 Å². The van der Waals surface area contributed by atoms with E-state index in [9.17, 15) is 4.79 Å². The van der Waals surface area contributed by atoms with Crippen LogP contribution in [0.5, 0.6) is 5.75 Å². The summed E-state index contributed by atoms with van der Waals surface area (Å²) in [6.07, 6.45) is 1.59. The van der Waals surface area contributed by atoms with E-state index < -0.39 is 0 Å². The SMILES string of the molecule is CCOc1ccc(NC(=O)Nc2cnc(N(C)C)nc2N(C)C)cc1. The molecular formula is C17H24N6O2. The molecule has 2 amide bonds. The lowest BCUT2D eigenvalue weighted by Crippen LogP contribution is -2.23. The number of benzene rings is 1. The summed E-state index contributed by atoms with van der Waals surface area (Å²) in [4.78, 5) is 24.6. The Labute approximate surface area is 147 Å². The van der Waals surface area contributed by atoms with Crippen LogP contribution in [0.3, 0.4) is 0 Å². The second-order valence-corrected chi connectivity index (χ2v) is 5.73. The highest BCUT2D eigenvalue weighted by Gasteiger charge is 2.13. The number of ether oxygens (including phenoxy) is 1. The van der Waals surface area contributed by atoms with Gasteiger partial charge in [-0.3, -0.25) is 0 Å². The van der Waals surface area contributed by atoms with Crippen molar-refractivity contribution in [2.75, 3.05) is 55.2 Å². The number of carbonyl (C=O) groups is 1. The van der Waals surface area contributed by atoms with Crippen LogP contribution in [-0.4, -0.2) is 50.8 Å². The van der Waals surface area contributed by atoms with Crippen molar-refractivity contribution in [2.24, 2.45) is 0 Å². The van der Waals surface area contributed by atoms with Gasteiger partial charge in [0.2, 0.25) is 5.95 Å². The summed E-state index contributed by atoms with van der Waals surface area (Å²) >= 11 is 0. The Morgan fingerprint density at radius 1 is 1.08 bits per heavy atom. The van der Waals surface area contributed by atoms with Crippen LogP contribution in [0, 0.1) is 0 Å². The van der Waals surface area contributed by atoms with Crippen molar-refractivity contribution in [3.05, 3.63) is 30.5 Å². The highest BCUT2D eigenvalue weighted by atomic mass is 16.5. The first kappa shape index (κ1) is 18.3. The molecule has 1 aromatic carbocycles. The Balaban J connectivity index is 2.09. The van der Waals surface area contributed by atoms with Gasteiger partial charge in [-0.1, -0.05) is 0 Å². The standard InChI is InChI=1S/C17H24N6O2/c1-6-25-13-9-7-12(8-10-13)19-17(24)20-14-11-18-16(23(4)5)21-15(14)22(2)3/h7-11H,6H2,1-5H3,(H2,19,20,24). The number of nitrogens with one attached hydrogen (secondary N) is 2. The van der Waals surface area contributed by atoms with Gasteiger partial charge < -0.3 is 25.2 Å². The average Bonchev–Trinajstić information content (AvgIpc) is 2.56. The highest BCUT2D eigenvalue weighted by molar-refractivity contribution is 6.01. The second kappa shape index (κ2) is 8.18. The Morgan fingerprint density at radius 3 is 2.32 bits per heavy atom. The Kier molecular flexibility index (Phi) is 5.99. The number of hydrogen-bond acceptors (Lipinski definition) is 6. The molecule has 1 heterocycles. The van der Waals surface area contributed by atoms with Crippen molar-refractivity contribution < 1.29 is 9.53 Å². The van der Waals surface area contributed by atoms with Gasteiger partial charge in [-0.15, -0.1) is 0 Å². The lowest BCUT2D eigenvalue weighted by atomic mass is 10.3.